The maximum atomic E-state index is 11.8. The highest BCUT2D eigenvalue weighted by Crippen LogP contribution is 2.10. The van der Waals surface area contributed by atoms with Crippen molar-refractivity contribution in [3.8, 4) is 0 Å². The van der Waals surface area contributed by atoms with Crippen molar-refractivity contribution in [3.05, 3.63) is 42.0 Å². The molecule has 1 aromatic rings. The number of hydrogen-bond acceptors (Lipinski definition) is 1. The summed E-state index contributed by atoms with van der Waals surface area (Å²) in [4.78, 5) is 0. The zero-order valence-corrected chi connectivity index (χ0v) is 8.52. The van der Waals surface area contributed by atoms with E-state index in [-0.39, 0.29) is 6.67 Å². The van der Waals surface area contributed by atoms with Gasteiger partial charge in [-0.15, -0.1) is 0 Å². The fourth-order valence-electron chi connectivity index (χ4n) is 1.24. The van der Waals surface area contributed by atoms with E-state index in [1.807, 2.05) is 25.1 Å². The van der Waals surface area contributed by atoms with Crippen molar-refractivity contribution >= 4 is 5.70 Å². The lowest BCUT2D eigenvalue weighted by Crippen LogP contribution is -2.13. The van der Waals surface area contributed by atoms with Gasteiger partial charge >= 0.3 is 0 Å². The molecule has 1 nitrogen and oxygen atoms in total. The summed E-state index contributed by atoms with van der Waals surface area (Å²) < 4.78 is 11.8. The van der Waals surface area contributed by atoms with E-state index in [0.717, 1.165) is 11.3 Å². The Balaban J connectivity index is 2.52. The van der Waals surface area contributed by atoms with Crippen molar-refractivity contribution in [1.82, 2.24) is 5.32 Å². The highest BCUT2D eigenvalue weighted by Gasteiger charge is 1.97. The van der Waals surface area contributed by atoms with Crippen LogP contribution in [-0.2, 0) is 0 Å². The Hall–Kier alpha value is -1.31. The Morgan fingerprint density at radius 2 is 2.29 bits per heavy atom. The second-order valence-electron chi connectivity index (χ2n) is 3.32. The number of rotatable bonds is 5. The number of alkyl halides is 1. The molecule has 2 heteroatoms. The lowest BCUT2D eigenvalue weighted by atomic mass is 10.1. The molecular weight excluding hydrogens is 177 g/mol. The largest absolute Gasteiger partial charge is 0.385 e. The quantitative estimate of drug-likeness (QED) is 0.709. The van der Waals surface area contributed by atoms with Gasteiger partial charge in [-0.1, -0.05) is 30.3 Å². The summed E-state index contributed by atoms with van der Waals surface area (Å²) in [6.45, 7) is 6.30. The van der Waals surface area contributed by atoms with Crippen LogP contribution in [-0.4, -0.2) is 13.2 Å². The van der Waals surface area contributed by atoms with Gasteiger partial charge in [0.1, 0.15) is 0 Å². The highest BCUT2D eigenvalue weighted by molar-refractivity contribution is 5.61. The van der Waals surface area contributed by atoms with Gasteiger partial charge in [-0.25, -0.2) is 0 Å². The molecule has 0 bridgehead atoms. The zero-order chi connectivity index (χ0) is 10.4. The third-order valence-corrected chi connectivity index (χ3v) is 2.02. The Kier molecular flexibility index (Phi) is 4.17. The van der Waals surface area contributed by atoms with Gasteiger partial charge in [0.15, 0.2) is 0 Å². The molecular formula is C12H16FN. The van der Waals surface area contributed by atoms with E-state index < -0.39 is 0 Å². The molecule has 0 spiro atoms. The van der Waals surface area contributed by atoms with E-state index in [1.54, 1.807) is 0 Å². The average Bonchev–Trinajstić information content (AvgIpc) is 2.18. The van der Waals surface area contributed by atoms with Gasteiger partial charge in [0.2, 0.25) is 0 Å². The molecule has 76 valence electrons. The fraction of sp³-hybridized carbons (Fsp3) is 0.333. The Labute approximate surface area is 84.6 Å². The molecule has 1 N–H and O–H groups in total. The first kappa shape index (κ1) is 10.8. The summed E-state index contributed by atoms with van der Waals surface area (Å²) >= 11 is 0. The normalized spacial score (nSPS) is 9.86. The lowest BCUT2D eigenvalue weighted by molar-refractivity contribution is 0.470. The van der Waals surface area contributed by atoms with E-state index in [0.29, 0.717) is 13.0 Å². The summed E-state index contributed by atoms with van der Waals surface area (Å²) in [7, 11) is 0. The van der Waals surface area contributed by atoms with Crippen LogP contribution in [0.25, 0.3) is 5.70 Å². The molecule has 14 heavy (non-hydrogen) atoms. The maximum Gasteiger partial charge on any atom is 0.0911 e. The summed E-state index contributed by atoms with van der Waals surface area (Å²) in [6, 6.07) is 8.09. The van der Waals surface area contributed by atoms with E-state index in [1.165, 1.54) is 5.56 Å². The molecule has 0 heterocycles. The predicted molar refractivity (Wildman–Crippen MR) is 58.8 cm³/mol. The molecule has 1 aromatic carbocycles. The third-order valence-electron chi connectivity index (χ3n) is 2.02. The molecule has 0 fully saturated rings. The van der Waals surface area contributed by atoms with Crippen LogP contribution >= 0.6 is 0 Å². The Morgan fingerprint density at radius 1 is 1.50 bits per heavy atom. The molecule has 0 amide bonds. The van der Waals surface area contributed by atoms with Gasteiger partial charge in [0.25, 0.3) is 0 Å². The molecule has 0 aliphatic rings. The number of benzene rings is 1. The standard InChI is InChI=1S/C12H16FN/c1-10-5-3-6-12(9-10)11(2)14-8-4-7-13/h3,5-6,9,14H,2,4,7-8H2,1H3. The first-order chi connectivity index (χ1) is 6.74. The Bertz CT molecular complexity index is 307. The maximum absolute atomic E-state index is 11.8. The van der Waals surface area contributed by atoms with E-state index in [4.69, 9.17) is 0 Å². The smallest absolute Gasteiger partial charge is 0.0911 e. The van der Waals surface area contributed by atoms with Crippen LogP contribution in [0.15, 0.2) is 30.8 Å². The Morgan fingerprint density at radius 3 is 2.93 bits per heavy atom. The number of hydrogen-bond donors (Lipinski definition) is 1. The minimum absolute atomic E-state index is 0.284. The van der Waals surface area contributed by atoms with Crippen LogP contribution in [0.3, 0.4) is 0 Å². The van der Waals surface area contributed by atoms with E-state index in [9.17, 15) is 4.39 Å². The van der Waals surface area contributed by atoms with Crippen LogP contribution in [0.1, 0.15) is 17.5 Å². The van der Waals surface area contributed by atoms with E-state index >= 15 is 0 Å². The molecule has 0 unspecified atom stereocenters. The molecule has 0 aromatic heterocycles. The van der Waals surface area contributed by atoms with Gasteiger partial charge in [-0.3, -0.25) is 4.39 Å². The molecule has 0 saturated carbocycles. The van der Waals surface area contributed by atoms with Crippen molar-refractivity contribution in [2.75, 3.05) is 13.2 Å². The average molecular weight is 193 g/mol. The van der Waals surface area contributed by atoms with E-state index in [2.05, 4.69) is 18.0 Å². The lowest BCUT2D eigenvalue weighted by Gasteiger charge is -2.09. The first-order valence-corrected chi connectivity index (χ1v) is 4.80. The minimum atomic E-state index is -0.284. The minimum Gasteiger partial charge on any atom is -0.385 e. The predicted octanol–water partition coefficient (Wildman–Crippen LogP) is 2.91. The SMILES string of the molecule is C=C(NCCCF)c1cccc(C)c1. The van der Waals surface area contributed by atoms with Crippen LogP contribution in [0, 0.1) is 6.92 Å². The molecule has 0 atom stereocenters. The summed E-state index contributed by atoms with van der Waals surface area (Å²) in [5.74, 6) is 0. The van der Waals surface area contributed by atoms with Crippen LogP contribution in [0.2, 0.25) is 0 Å². The van der Waals surface area contributed by atoms with Crippen LogP contribution in [0.5, 0.6) is 0 Å². The van der Waals surface area contributed by atoms with Gasteiger partial charge in [0.05, 0.1) is 6.67 Å². The van der Waals surface area contributed by atoms with Crippen molar-refractivity contribution in [2.24, 2.45) is 0 Å². The highest BCUT2D eigenvalue weighted by atomic mass is 19.1. The van der Waals surface area contributed by atoms with Crippen molar-refractivity contribution in [2.45, 2.75) is 13.3 Å². The molecule has 0 radical (unpaired) electrons. The number of nitrogens with one attached hydrogen (secondary N) is 1. The van der Waals surface area contributed by atoms with Gasteiger partial charge < -0.3 is 5.32 Å². The van der Waals surface area contributed by atoms with Crippen molar-refractivity contribution in [1.29, 1.82) is 0 Å². The van der Waals surface area contributed by atoms with Crippen LogP contribution < -0.4 is 5.32 Å². The zero-order valence-electron chi connectivity index (χ0n) is 8.52. The van der Waals surface area contributed by atoms with Gasteiger partial charge in [0, 0.05) is 12.2 Å². The third kappa shape index (κ3) is 3.21. The van der Waals surface area contributed by atoms with Crippen molar-refractivity contribution in [3.63, 3.8) is 0 Å². The molecule has 0 saturated heterocycles. The summed E-state index contributed by atoms with van der Waals surface area (Å²) in [5.41, 5.74) is 3.14. The van der Waals surface area contributed by atoms with Crippen LogP contribution in [0.4, 0.5) is 4.39 Å². The number of halogens is 1. The topological polar surface area (TPSA) is 12.0 Å². The van der Waals surface area contributed by atoms with Gasteiger partial charge in [-0.2, -0.15) is 0 Å². The van der Waals surface area contributed by atoms with Gasteiger partial charge in [-0.05, 0) is 25.0 Å². The molecule has 1 rings (SSSR count). The monoisotopic (exact) mass is 193 g/mol. The fourth-order valence-corrected chi connectivity index (χ4v) is 1.24. The molecule has 0 aliphatic heterocycles. The first-order valence-electron chi connectivity index (χ1n) is 4.80. The second-order valence-corrected chi connectivity index (χ2v) is 3.32. The summed E-state index contributed by atoms with van der Waals surface area (Å²) in [5, 5.41) is 3.09. The van der Waals surface area contributed by atoms with Crippen molar-refractivity contribution < 1.29 is 4.39 Å². The summed E-state index contributed by atoms with van der Waals surface area (Å²) in [6.07, 6.45) is 0.533. The molecule has 0 aliphatic carbocycles. The second kappa shape index (κ2) is 5.43. The number of aryl methyl sites for hydroxylation is 1.